The fraction of sp³-hybridized carbons (Fsp3) is 0.231. The molecule has 2 aromatic rings. The summed E-state index contributed by atoms with van der Waals surface area (Å²) >= 11 is 0. The van der Waals surface area contributed by atoms with E-state index in [1.807, 2.05) is 0 Å². The lowest BCUT2D eigenvalue weighted by molar-refractivity contribution is -0.138. The Hall–Kier alpha value is -2.17. The summed E-state index contributed by atoms with van der Waals surface area (Å²) in [5.41, 5.74) is 1.94. The van der Waals surface area contributed by atoms with Crippen molar-refractivity contribution in [1.29, 1.82) is 0 Å². The van der Waals surface area contributed by atoms with Gasteiger partial charge in [0.2, 0.25) is 0 Å². The van der Waals surface area contributed by atoms with Crippen molar-refractivity contribution in [3.8, 4) is 11.3 Å². The van der Waals surface area contributed by atoms with Crippen molar-refractivity contribution in [2.24, 2.45) is 0 Å². The van der Waals surface area contributed by atoms with Crippen molar-refractivity contribution in [1.82, 2.24) is 9.97 Å². The SMILES string of the molecule is Cc1[nH]c(C(C)C(=O)O)nc1-c1cccc(F)c1. The van der Waals surface area contributed by atoms with Crippen LogP contribution in [-0.4, -0.2) is 21.0 Å². The van der Waals surface area contributed by atoms with Crippen LogP contribution in [0.1, 0.15) is 24.4 Å². The van der Waals surface area contributed by atoms with Crippen molar-refractivity contribution >= 4 is 5.97 Å². The first-order chi connectivity index (χ1) is 8.49. The van der Waals surface area contributed by atoms with Crippen LogP contribution in [0.2, 0.25) is 0 Å². The van der Waals surface area contributed by atoms with Gasteiger partial charge in [-0.05, 0) is 26.0 Å². The number of benzene rings is 1. The van der Waals surface area contributed by atoms with E-state index in [-0.39, 0.29) is 5.82 Å². The quantitative estimate of drug-likeness (QED) is 0.877. The number of nitrogens with one attached hydrogen (secondary N) is 1. The van der Waals surface area contributed by atoms with Crippen LogP contribution in [-0.2, 0) is 4.79 Å². The highest BCUT2D eigenvalue weighted by atomic mass is 19.1. The van der Waals surface area contributed by atoms with E-state index in [1.165, 1.54) is 12.1 Å². The Bertz CT molecular complexity index is 592. The van der Waals surface area contributed by atoms with E-state index in [1.54, 1.807) is 26.0 Å². The van der Waals surface area contributed by atoms with Crippen molar-refractivity contribution in [2.75, 3.05) is 0 Å². The van der Waals surface area contributed by atoms with Crippen LogP contribution in [0.15, 0.2) is 24.3 Å². The number of H-pyrrole nitrogens is 1. The molecule has 0 saturated carbocycles. The number of nitrogens with zero attached hydrogens (tertiary/aromatic N) is 1. The Balaban J connectivity index is 2.44. The van der Waals surface area contributed by atoms with Gasteiger partial charge < -0.3 is 10.1 Å². The number of hydrogen-bond acceptors (Lipinski definition) is 2. The molecule has 2 rings (SSSR count). The Morgan fingerprint density at radius 3 is 2.83 bits per heavy atom. The molecule has 0 bridgehead atoms. The average Bonchev–Trinajstić information content (AvgIpc) is 2.70. The Labute approximate surface area is 103 Å². The molecule has 94 valence electrons. The third-order valence-corrected chi connectivity index (χ3v) is 2.78. The van der Waals surface area contributed by atoms with E-state index in [2.05, 4.69) is 9.97 Å². The minimum atomic E-state index is -0.949. The van der Waals surface area contributed by atoms with Gasteiger partial charge in [0, 0.05) is 11.3 Å². The maximum atomic E-state index is 13.1. The number of aryl methyl sites for hydroxylation is 1. The van der Waals surface area contributed by atoms with E-state index in [0.717, 1.165) is 5.69 Å². The molecule has 2 N–H and O–H groups in total. The first-order valence-corrected chi connectivity index (χ1v) is 5.54. The maximum absolute atomic E-state index is 13.1. The summed E-state index contributed by atoms with van der Waals surface area (Å²) in [6.07, 6.45) is 0. The molecule has 0 amide bonds. The van der Waals surface area contributed by atoms with Gasteiger partial charge in [-0.2, -0.15) is 0 Å². The third-order valence-electron chi connectivity index (χ3n) is 2.78. The molecule has 0 fully saturated rings. The van der Waals surface area contributed by atoms with Crippen LogP contribution in [0.3, 0.4) is 0 Å². The van der Waals surface area contributed by atoms with Gasteiger partial charge >= 0.3 is 5.97 Å². The van der Waals surface area contributed by atoms with Crippen LogP contribution in [0.4, 0.5) is 4.39 Å². The lowest BCUT2D eigenvalue weighted by atomic mass is 10.1. The number of carbonyl (C=O) groups is 1. The van der Waals surface area contributed by atoms with Gasteiger partial charge in [-0.1, -0.05) is 12.1 Å². The van der Waals surface area contributed by atoms with E-state index in [9.17, 15) is 9.18 Å². The van der Waals surface area contributed by atoms with Gasteiger partial charge in [0.15, 0.2) is 0 Å². The molecular weight excluding hydrogens is 235 g/mol. The molecule has 1 aromatic heterocycles. The smallest absolute Gasteiger partial charge is 0.313 e. The monoisotopic (exact) mass is 248 g/mol. The second-order valence-electron chi connectivity index (χ2n) is 4.17. The molecule has 0 radical (unpaired) electrons. The Morgan fingerprint density at radius 1 is 1.50 bits per heavy atom. The molecule has 1 aromatic carbocycles. The topological polar surface area (TPSA) is 66.0 Å². The summed E-state index contributed by atoms with van der Waals surface area (Å²) in [5, 5.41) is 8.93. The van der Waals surface area contributed by atoms with E-state index >= 15 is 0 Å². The van der Waals surface area contributed by atoms with E-state index in [4.69, 9.17) is 5.11 Å². The molecule has 5 heteroatoms. The summed E-state index contributed by atoms with van der Waals surface area (Å²) < 4.78 is 13.1. The zero-order valence-electron chi connectivity index (χ0n) is 10.1. The van der Waals surface area contributed by atoms with Crippen molar-refractivity contribution in [2.45, 2.75) is 19.8 Å². The fourth-order valence-corrected chi connectivity index (χ4v) is 1.72. The van der Waals surface area contributed by atoms with Crippen molar-refractivity contribution in [3.63, 3.8) is 0 Å². The summed E-state index contributed by atoms with van der Waals surface area (Å²) in [7, 11) is 0. The largest absolute Gasteiger partial charge is 0.481 e. The second-order valence-corrected chi connectivity index (χ2v) is 4.17. The van der Waals surface area contributed by atoms with Crippen molar-refractivity contribution in [3.05, 3.63) is 41.6 Å². The number of aliphatic carboxylic acids is 1. The molecule has 0 aliphatic heterocycles. The first-order valence-electron chi connectivity index (χ1n) is 5.54. The van der Waals surface area contributed by atoms with Crippen LogP contribution < -0.4 is 0 Å². The number of aromatic amines is 1. The zero-order valence-corrected chi connectivity index (χ0v) is 10.1. The van der Waals surface area contributed by atoms with Crippen molar-refractivity contribution < 1.29 is 14.3 Å². The number of carboxylic acid groups (broad SMARTS) is 1. The Kier molecular flexibility index (Phi) is 3.14. The van der Waals surface area contributed by atoms with Gasteiger partial charge in [0.1, 0.15) is 17.6 Å². The summed E-state index contributed by atoms with van der Waals surface area (Å²) in [5.74, 6) is -1.64. The molecule has 0 saturated heterocycles. The normalized spacial score (nSPS) is 12.4. The highest BCUT2D eigenvalue weighted by Gasteiger charge is 2.19. The van der Waals surface area contributed by atoms with Gasteiger partial charge in [0.25, 0.3) is 0 Å². The molecule has 1 unspecified atom stereocenters. The molecule has 4 nitrogen and oxygen atoms in total. The number of halogens is 1. The number of carboxylic acids is 1. The van der Waals surface area contributed by atoms with Crippen LogP contribution >= 0.6 is 0 Å². The minimum absolute atomic E-state index is 0.345. The maximum Gasteiger partial charge on any atom is 0.313 e. The number of hydrogen-bond donors (Lipinski definition) is 2. The molecule has 18 heavy (non-hydrogen) atoms. The number of imidazole rings is 1. The summed E-state index contributed by atoms with van der Waals surface area (Å²) in [4.78, 5) is 18.1. The van der Waals surface area contributed by atoms with Crippen LogP contribution in [0.25, 0.3) is 11.3 Å². The summed E-state index contributed by atoms with van der Waals surface area (Å²) in [6.45, 7) is 3.33. The van der Waals surface area contributed by atoms with E-state index < -0.39 is 11.9 Å². The average molecular weight is 248 g/mol. The van der Waals surface area contributed by atoms with Crippen LogP contribution in [0.5, 0.6) is 0 Å². The van der Waals surface area contributed by atoms with Gasteiger partial charge in [-0.25, -0.2) is 9.37 Å². The van der Waals surface area contributed by atoms with Gasteiger partial charge in [-0.3, -0.25) is 4.79 Å². The lowest BCUT2D eigenvalue weighted by Gasteiger charge is -2.00. The molecule has 0 aliphatic rings. The Morgan fingerprint density at radius 2 is 2.22 bits per heavy atom. The second kappa shape index (κ2) is 4.60. The van der Waals surface area contributed by atoms with E-state index in [0.29, 0.717) is 17.1 Å². The molecule has 0 aliphatic carbocycles. The highest BCUT2D eigenvalue weighted by molar-refractivity contribution is 5.75. The number of aromatic nitrogens is 2. The zero-order chi connectivity index (χ0) is 13.3. The molecular formula is C13H13FN2O2. The highest BCUT2D eigenvalue weighted by Crippen LogP contribution is 2.24. The first kappa shape index (κ1) is 12.3. The standard InChI is InChI=1S/C13H13FN2O2/c1-7(13(17)18)12-15-8(2)11(16-12)9-4-3-5-10(14)6-9/h3-7H,1-2H3,(H,15,16)(H,17,18). The predicted octanol–water partition coefficient (Wildman–Crippen LogP) is 2.71. The molecule has 0 spiro atoms. The predicted molar refractivity (Wildman–Crippen MR) is 64.8 cm³/mol. The summed E-state index contributed by atoms with van der Waals surface area (Å²) in [6, 6.07) is 6.06. The fourth-order valence-electron chi connectivity index (χ4n) is 1.72. The lowest BCUT2D eigenvalue weighted by Crippen LogP contribution is -2.08. The molecule has 1 atom stereocenters. The minimum Gasteiger partial charge on any atom is -0.481 e. The molecule has 1 heterocycles. The third kappa shape index (κ3) is 2.25. The van der Waals surface area contributed by atoms with Gasteiger partial charge in [-0.15, -0.1) is 0 Å². The van der Waals surface area contributed by atoms with Crippen LogP contribution in [0, 0.1) is 12.7 Å². The number of rotatable bonds is 3. The van der Waals surface area contributed by atoms with Gasteiger partial charge in [0.05, 0.1) is 5.69 Å².